The fourth-order valence-electron chi connectivity index (χ4n) is 4.68. The van der Waals surface area contributed by atoms with Crippen LogP contribution in [-0.2, 0) is 34.3 Å². The highest BCUT2D eigenvalue weighted by Crippen LogP contribution is 2.35. The van der Waals surface area contributed by atoms with Crippen molar-refractivity contribution in [2.45, 2.75) is 30.5 Å². The van der Waals surface area contributed by atoms with E-state index in [1.807, 2.05) is 66.7 Å². The van der Waals surface area contributed by atoms with Crippen LogP contribution in [0.25, 0.3) is 6.08 Å². The van der Waals surface area contributed by atoms with Crippen LogP contribution in [0.1, 0.15) is 22.3 Å². The standard InChI is InChI=1S/C27H28N2O4S/c1-32-25-13-5-11-22-17-29(23(18-33-19-24(22)25)16-20-8-3-2-4-9-20)34(30,31)26-14-6-10-21-12-7-15-28-27(21)26/h2-14,23,28H,15-19H2,1H3. The highest BCUT2D eigenvalue weighted by atomic mass is 32.2. The summed E-state index contributed by atoms with van der Waals surface area (Å²) in [5.74, 6) is 0.709. The van der Waals surface area contributed by atoms with Crippen molar-refractivity contribution >= 4 is 21.8 Å². The van der Waals surface area contributed by atoms with Gasteiger partial charge in [0, 0.05) is 18.7 Å². The van der Waals surface area contributed by atoms with Crippen LogP contribution in [0.5, 0.6) is 5.75 Å². The van der Waals surface area contributed by atoms with E-state index in [0.717, 1.165) is 22.3 Å². The molecule has 2 heterocycles. The number of hydrogen-bond donors (Lipinski definition) is 1. The van der Waals surface area contributed by atoms with Gasteiger partial charge in [-0.1, -0.05) is 66.7 Å². The minimum atomic E-state index is -3.86. The fourth-order valence-corrected chi connectivity index (χ4v) is 6.47. The van der Waals surface area contributed by atoms with Crippen molar-refractivity contribution in [2.24, 2.45) is 0 Å². The van der Waals surface area contributed by atoms with Crippen LogP contribution in [-0.4, -0.2) is 39.0 Å². The number of nitrogens with one attached hydrogen (secondary N) is 1. The zero-order valence-electron chi connectivity index (χ0n) is 19.1. The van der Waals surface area contributed by atoms with Gasteiger partial charge in [0.2, 0.25) is 10.0 Å². The molecule has 5 rings (SSSR count). The molecule has 0 spiro atoms. The van der Waals surface area contributed by atoms with Crippen LogP contribution in [0, 0.1) is 0 Å². The third kappa shape index (κ3) is 4.34. The van der Waals surface area contributed by atoms with Crippen LogP contribution < -0.4 is 10.1 Å². The van der Waals surface area contributed by atoms with Gasteiger partial charge in [-0.15, -0.1) is 0 Å². The molecule has 2 aliphatic rings. The van der Waals surface area contributed by atoms with Crippen molar-refractivity contribution in [2.75, 3.05) is 25.6 Å². The number of benzene rings is 3. The second kappa shape index (κ2) is 9.62. The second-order valence-corrected chi connectivity index (χ2v) is 10.4. The molecule has 1 N–H and O–H groups in total. The van der Waals surface area contributed by atoms with Gasteiger partial charge >= 0.3 is 0 Å². The Morgan fingerprint density at radius 2 is 1.88 bits per heavy atom. The highest BCUT2D eigenvalue weighted by molar-refractivity contribution is 7.89. The van der Waals surface area contributed by atoms with E-state index in [1.54, 1.807) is 23.5 Å². The maximum Gasteiger partial charge on any atom is 0.245 e. The van der Waals surface area contributed by atoms with Crippen LogP contribution >= 0.6 is 0 Å². The molecule has 2 aliphatic heterocycles. The lowest BCUT2D eigenvalue weighted by atomic mass is 10.0. The van der Waals surface area contributed by atoms with Crippen molar-refractivity contribution in [1.82, 2.24) is 4.31 Å². The molecule has 0 bridgehead atoms. The molecule has 0 aromatic heterocycles. The Morgan fingerprint density at radius 1 is 1.06 bits per heavy atom. The Hall–Kier alpha value is -3.13. The summed E-state index contributed by atoms with van der Waals surface area (Å²) in [7, 11) is -2.24. The van der Waals surface area contributed by atoms with Crippen molar-refractivity contribution in [3.8, 4) is 5.75 Å². The summed E-state index contributed by atoms with van der Waals surface area (Å²) in [4.78, 5) is 0.289. The number of methoxy groups -OCH3 is 1. The maximum atomic E-state index is 14.3. The van der Waals surface area contributed by atoms with Crippen molar-refractivity contribution in [3.63, 3.8) is 0 Å². The number of fused-ring (bicyclic) bond motifs is 2. The number of anilines is 1. The lowest BCUT2D eigenvalue weighted by Gasteiger charge is -2.34. The molecule has 6 nitrogen and oxygen atoms in total. The Balaban J connectivity index is 1.61. The molecule has 1 unspecified atom stereocenters. The molecule has 0 radical (unpaired) electrons. The number of hydrogen-bond acceptors (Lipinski definition) is 5. The minimum absolute atomic E-state index is 0.245. The molecule has 0 saturated carbocycles. The largest absolute Gasteiger partial charge is 0.496 e. The summed E-state index contributed by atoms with van der Waals surface area (Å²) in [5.41, 5.74) is 4.37. The van der Waals surface area contributed by atoms with Crippen molar-refractivity contribution in [3.05, 3.63) is 95.1 Å². The Labute approximate surface area is 200 Å². The van der Waals surface area contributed by atoms with Crippen LogP contribution in [0.15, 0.2) is 77.7 Å². The number of rotatable bonds is 5. The topological polar surface area (TPSA) is 67.9 Å². The Kier molecular flexibility index (Phi) is 6.41. The number of nitrogens with zero attached hydrogens (tertiary/aromatic N) is 1. The Morgan fingerprint density at radius 3 is 2.71 bits per heavy atom. The minimum Gasteiger partial charge on any atom is -0.496 e. The molecule has 7 heteroatoms. The third-order valence-electron chi connectivity index (χ3n) is 6.39. The molecule has 176 valence electrons. The average Bonchev–Trinajstić information content (AvgIpc) is 2.86. The molecule has 34 heavy (non-hydrogen) atoms. The third-order valence-corrected chi connectivity index (χ3v) is 8.33. The molecular weight excluding hydrogens is 448 g/mol. The van der Waals surface area contributed by atoms with Crippen LogP contribution in [0.3, 0.4) is 0 Å². The van der Waals surface area contributed by atoms with Gasteiger partial charge in [0.1, 0.15) is 10.6 Å². The smallest absolute Gasteiger partial charge is 0.245 e. The van der Waals surface area contributed by atoms with E-state index in [2.05, 4.69) is 5.32 Å². The lowest BCUT2D eigenvalue weighted by Crippen LogP contribution is -2.45. The number of para-hydroxylation sites is 1. The maximum absolute atomic E-state index is 14.3. The van der Waals surface area contributed by atoms with E-state index in [9.17, 15) is 8.42 Å². The van der Waals surface area contributed by atoms with Gasteiger partial charge in [0.05, 0.1) is 32.1 Å². The first-order valence-electron chi connectivity index (χ1n) is 11.4. The summed E-state index contributed by atoms with van der Waals surface area (Å²) >= 11 is 0. The van der Waals surface area contributed by atoms with E-state index in [1.165, 1.54) is 0 Å². The second-order valence-electron chi connectivity index (χ2n) is 8.51. The first kappa shape index (κ1) is 22.7. The summed E-state index contributed by atoms with van der Waals surface area (Å²) in [6.45, 7) is 1.50. The zero-order valence-corrected chi connectivity index (χ0v) is 19.9. The molecule has 1 atom stereocenters. The monoisotopic (exact) mass is 476 g/mol. The number of sulfonamides is 1. The molecule has 0 saturated heterocycles. The van der Waals surface area contributed by atoms with Gasteiger partial charge in [0.15, 0.2) is 0 Å². The fraction of sp³-hybridized carbons (Fsp3) is 0.259. The van der Waals surface area contributed by atoms with E-state index in [4.69, 9.17) is 9.47 Å². The van der Waals surface area contributed by atoms with Gasteiger partial charge in [-0.25, -0.2) is 8.42 Å². The SMILES string of the molecule is COc1cccc2c1COCC(Cc1ccccc1)N(S(=O)(=O)c1cccc3c1NCC=C3)C2. The predicted molar refractivity (Wildman–Crippen MR) is 133 cm³/mol. The van der Waals surface area contributed by atoms with Gasteiger partial charge in [-0.3, -0.25) is 0 Å². The molecule has 3 aromatic carbocycles. The van der Waals surface area contributed by atoms with E-state index >= 15 is 0 Å². The number of ether oxygens (including phenoxy) is 2. The average molecular weight is 477 g/mol. The summed E-state index contributed by atoms with van der Waals surface area (Å²) in [5, 5.41) is 3.26. The highest BCUT2D eigenvalue weighted by Gasteiger charge is 2.36. The predicted octanol–water partition coefficient (Wildman–Crippen LogP) is 4.47. The molecular formula is C27H28N2O4S. The molecule has 0 aliphatic carbocycles. The summed E-state index contributed by atoms with van der Waals surface area (Å²) < 4.78 is 41.8. The summed E-state index contributed by atoms with van der Waals surface area (Å²) in [6.07, 6.45) is 4.51. The Bertz CT molecular complexity index is 1310. The summed E-state index contributed by atoms with van der Waals surface area (Å²) in [6, 6.07) is 20.7. The van der Waals surface area contributed by atoms with E-state index in [0.29, 0.717) is 31.0 Å². The van der Waals surface area contributed by atoms with Gasteiger partial charge in [-0.2, -0.15) is 4.31 Å². The van der Waals surface area contributed by atoms with Gasteiger partial charge < -0.3 is 14.8 Å². The molecule has 0 amide bonds. The van der Waals surface area contributed by atoms with Gasteiger partial charge in [0.25, 0.3) is 0 Å². The molecule has 3 aromatic rings. The van der Waals surface area contributed by atoms with Gasteiger partial charge in [-0.05, 0) is 35.2 Å². The van der Waals surface area contributed by atoms with Crippen LogP contribution in [0.2, 0.25) is 0 Å². The van der Waals surface area contributed by atoms with Crippen LogP contribution in [0.4, 0.5) is 5.69 Å². The van der Waals surface area contributed by atoms with Crippen molar-refractivity contribution in [1.29, 1.82) is 0 Å². The first-order chi connectivity index (χ1) is 16.6. The van der Waals surface area contributed by atoms with E-state index in [-0.39, 0.29) is 24.1 Å². The quantitative estimate of drug-likeness (QED) is 0.589. The lowest BCUT2D eigenvalue weighted by molar-refractivity contribution is 0.0660. The molecule has 0 fully saturated rings. The van der Waals surface area contributed by atoms with Crippen molar-refractivity contribution < 1.29 is 17.9 Å². The first-order valence-corrected chi connectivity index (χ1v) is 12.8. The normalized spacial score (nSPS) is 18.2. The zero-order chi connectivity index (χ0) is 23.5. The van der Waals surface area contributed by atoms with E-state index < -0.39 is 10.0 Å².